The van der Waals surface area contributed by atoms with Gasteiger partial charge in [0, 0.05) is 25.2 Å². The summed E-state index contributed by atoms with van der Waals surface area (Å²) in [6, 6.07) is 8.33. The van der Waals surface area contributed by atoms with Crippen molar-refractivity contribution in [3.63, 3.8) is 0 Å². The summed E-state index contributed by atoms with van der Waals surface area (Å²) in [5.74, 6) is 1.43. The van der Waals surface area contributed by atoms with E-state index < -0.39 is 0 Å². The number of nitrogens with zero attached hydrogens (tertiary/aromatic N) is 1. The number of guanidine groups is 1. The highest BCUT2D eigenvalue weighted by Gasteiger charge is 2.34. The maximum Gasteiger partial charge on any atom is 0.188 e. The molecule has 1 aromatic rings. The molecule has 1 aliphatic rings. The molecule has 0 amide bonds. The average Bonchev–Trinajstić information content (AvgIpc) is 2.67. The van der Waals surface area contributed by atoms with Crippen LogP contribution in [0.3, 0.4) is 0 Å². The number of hydrogen-bond donors (Lipinski definition) is 2. The molecule has 0 bridgehead atoms. The van der Waals surface area contributed by atoms with Crippen LogP contribution in [0.15, 0.2) is 29.3 Å². The Bertz CT molecular complexity index is 528. The first kappa shape index (κ1) is 23.0. The van der Waals surface area contributed by atoms with E-state index in [0.717, 1.165) is 44.8 Å². The second-order valence-corrected chi connectivity index (χ2v) is 6.81. The summed E-state index contributed by atoms with van der Waals surface area (Å²) in [7, 11) is 1.69. The van der Waals surface area contributed by atoms with Crippen LogP contribution >= 0.6 is 24.0 Å². The lowest BCUT2D eigenvalue weighted by molar-refractivity contribution is 0.0531. The zero-order valence-corrected chi connectivity index (χ0v) is 18.5. The number of methoxy groups -OCH3 is 1. The number of hydrogen-bond acceptors (Lipinski definition) is 3. The van der Waals surface area contributed by atoms with Crippen molar-refractivity contribution in [2.75, 3.05) is 33.4 Å². The quantitative estimate of drug-likeness (QED) is 0.247. The van der Waals surface area contributed by atoms with E-state index >= 15 is 0 Å². The minimum atomic E-state index is -0.000960. The molecule has 6 heteroatoms. The molecule has 1 heterocycles. The van der Waals surface area contributed by atoms with Gasteiger partial charge in [0.2, 0.25) is 0 Å². The highest BCUT2D eigenvalue weighted by molar-refractivity contribution is 14.0. The number of rotatable bonds is 9. The highest BCUT2D eigenvalue weighted by Crippen LogP contribution is 2.36. The van der Waals surface area contributed by atoms with Crippen LogP contribution in [0.5, 0.6) is 5.75 Å². The lowest BCUT2D eigenvalue weighted by Gasteiger charge is -2.36. The smallest absolute Gasteiger partial charge is 0.188 e. The fraction of sp³-hybridized carbons (Fsp3) is 0.650. The van der Waals surface area contributed by atoms with E-state index in [1.165, 1.54) is 24.8 Å². The van der Waals surface area contributed by atoms with Crippen LogP contribution in [0, 0.1) is 0 Å². The van der Waals surface area contributed by atoms with Crippen LogP contribution in [0.1, 0.15) is 51.0 Å². The molecular formula is C20H34IN3O2. The summed E-state index contributed by atoms with van der Waals surface area (Å²) in [6.45, 7) is 5.35. The van der Waals surface area contributed by atoms with Gasteiger partial charge in [-0.2, -0.15) is 0 Å². The fourth-order valence-corrected chi connectivity index (χ4v) is 3.31. The molecule has 0 spiro atoms. The molecule has 2 rings (SSSR count). The maximum atomic E-state index is 6.08. The van der Waals surface area contributed by atoms with Crippen LogP contribution in [0.4, 0.5) is 0 Å². The molecule has 0 atom stereocenters. The predicted octanol–water partition coefficient (Wildman–Crippen LogP) is 3.85. The number of nitrogens with one attached hydrogen (secondary N) is 1. The highest BCUT2D eigenvalue weighted by atomic mass is 127. The molecule has 26 heavy (non-hydrogen) atoms. The molecule has 1 saturated heterocycles. The molecular weight excluding hydrogens is 441 g/mol. The summed E-state index contributed by atoms with van der Waals surface area (Å²) >= 11 is 0. The number of unbranched alkanes of at least 4 members (excludes halogenated alkanes) is 3. The minimum absolute atomic E-state index is 0. The lowest BCUT2D eigenvalue weighted by atomic mass is 9.74. The number of halogens is 1. The Morgan fingerprint density at radius 1 is 1.19 bits per heavy atom. The molecule has 1 aliphatic heterocycles. The summed E-state index contributed by atoms with van der Waals surface area (Å²) in [5, 5.41) is 3.24. The van der Waals surface area contributed by atoms with E-state index in [9.17, 15) is 0 Å². The zero-order chi connectivity index (χ0) is 18.0. The summed E-state index contributed by atoms with van der Waals surface area (Å²) in [5.41, 5.74) is 7.36. The summed E-state index contributed by atoms with van der Waals surface area (Å²) < 4.78 is 10.9. The molecule has 0 radical (unpaired) electrons. The maximum absolute atomic E-state index is 6.08. The predicted molar refractivity (Wildman–Crippen MR) is 119 cm³/mol. The lowest BCUT2D eigenvalue weighted by Crippen LogP contribution is -2.39. The van der Waals surface area contributed by atoms with Crippen molar-refractivity contribution in [3.05, 3.63) is 29.8 Å². The Morgan fingerprint density at radius 3 is 2.50 bits per heavy atom. The molecule has 3 N–H and O–H groups in total. The van der Waals surface area contributed by atoms with Crippen LogP contribution in [-0.4, -0.2) is 39.4 Å². The third-order valence-electron chi connectivity index (χ3n) is 5.04. The average molecular weight is 475 g/mol. The number of benzene rings is 1. The van der Waals surface area contributed by atoms with Crippen molar-refractivity contribution in [3.8, 4) is 5.75 Å². The molecule has 0 saturated carbocycles. The van der Waals surface area contributed by atoms with Crippen molar-refractivity contribution in [1.29, 1.82) is 0 Å². The number of ether oxygens (including phenoxy) is 2. The van der Waals surface area contributed by atoms with Gasteiger partial charge in [-0.1, -0.05) is 38.3 Å². The normalized spacial score (nSPS) is 16.6. The van der Waals surface area contributed by atoms with Crippen molar-refractivity contribution < 1.29 is 9.47 Å². The minimum Gasteiger partial charge on any atom is -0.497 e. The van der Waals surface area contributed by atoms with Gasteiger partial charge in [-0.05, 0) is 37.0 Å². The Hall–Kier alpha value is -1.02. The van der Waals surface area contributed by atoms with Crippen molar-refractivity contribution in [1.82, 2.24) is 5.32 Å². The fourth-order valence-electron chi connectivity index (χ4n) is 3.31. The Morgan fingerprint density at radius 2 is 1.88 bits per heavy atom. The van der Waals surface area contributed by atoms with E-state index in [2.05, 4.69) is 29.4 Å². The van der Waals surface area contributed by atoms with Gasteiger partial charge in [-0.3, -0.25) is 4.99 Å². The largest absolute Gasteiger partial charge is 0.497 e. The molecule has 148 valence electrons. The van der Waals surface area contributed by atoms with E-state index in [4.69, 9.17) is 15.2 Å². The second kappa shape index (κ2) is 12.4. The molecule has 0 aromatic heterocycles. The summed E-state index contributed by atoms with van der Waals surface area (Å²) in [6.07, 6.45) is 6.83. The van der Waals surface area contributed by atoms with Crippen LogP contribution in [0.25, 0.3) is 0 Å². The second-order valence-electron chi connectivity index (χ2n) is 6.81. The monoisotopic (exact) mass is 475 g/mol. The Labute approximate surface area is 175 Å². The topological polar surface area (TPSA) is 68.9 Å². The first-order chi connectivity index (χ1) is 12.2. The molecule has 0 aliphatic carbocycles. The Kier molecular flexibility index (Phi) is 11.0. The first-order valence-electron chi connectivity index (χ1n) is 9.46. The van der Waals surface area contributed by atoms with Gasteiger partial charge in [0.15, 0.2) is 5.96 Å². The van der Waals surface area contributed by atoms with Crippen LogP contribution in [0.2, 0.25) is 0 Å². The van der Waals surface area contributed by atoms with Gasteiger partial charge in [-0.15, -0.1) is 24.0 Å². The van der Waals surface area contributed by atoms with Crippen LogP contribution in [-0.2, 0) is 10.2 Å². The standard InChI is InChI=1S/C20H33N3O2.HI/c1-3-4-5-6-13-22-19(21)23-16-20(11-14-25-15-12-20)17-7-9-18(24-2)10-8-17;/h7-10H,3-6,11-16H2,1-2H3,(H3,21,22,23);1H. The molecule has 0 unspecified atom stereocenters. The van der Waals surface area contributed by atoms with E-state index in [1.54, 1.807) is 7.11 Å². The zero-order valence-electron chi connectivity index (χ0n) is 16.1. The number of aliphatic imine (C=N–C) groups is 1. The van der Waals surface area contributed by atoms with Gasteiger partial charge < -0.3 is 20.5 Å². The summed E-state index contributed by atoms with van der Waals surface area (Å²) in [4.78, 5) is 4.65. The third kappa shape index (κ3) is 6.95. The SMILES string of the molecule is CCCCCCNC(N)=NCC1(c2ccc(OC)cc2)CCOCC1.I. The van der Waals surface area contributed by atoms with E-state index in [0.29, 0.717) is 12.5 Å². The number of nitrogens with two attached hydrogens (primary N) is 1. The van der Waals surface area contributed by atoms with Crippen molar-refractivity contribution >= 4 is 29.9 Å². The van der Waals surface area contributed by atoms with Crippen molar-refractivity contribution in [2.45, 2.75) is 50.9 Å². The van der Waals surface area contributed by atoms with Gasteiger partial charge in [-0.25, -0.2) is 0 Å². The first-order valence-corrected chi connectivity index (χ1v) is 9.46. The van der Waals surface area contributed by atoms with Gasteiger partial charge in [0.1, 0.15) is 5.75 Å². The van der Waals surface area contributed by atoms with E-state index in [-0.39, 0.29) is 29.4 Å². The molecule has 5 nitrogen and oxygen atoms in total. The van der Waals surface area contributed by atoms with Crippen molar-refractivity contribution in [2.24, 2.45) is 10.7 Å². The van der Waals surface area contributed by atoms with E-state index in [1.807, 2.05) is 12.1 Å². The third-order valence-corrected chi connectivity index (χ3v) is 5.04. The Balaban J connectivity index is 0.00000338. The van der Waals surface area contributed by atoms with Gasteiger partial charge in [0.05, 0.1) is 13.7 Å². The van der Waals surface area contributed by atoms with Gasteiger partial charge in [0.25, 0.3) is 0 Å². The molecule has 1 aromatic carbocycles. The molecule has 1 fully saturated rings. The van der Waals surface area contributed by atoms with Crippen LogP contribution < -0.4 is 15.8 Å². The van der Waals surface area contributed by atoms with Gasteiger partial charge >= 0.3 is 0 Å².